The highest BCUT2D eigenvalue weighted by atomic mass is 15.1. The normalized spacial score (nSPS) is 22.1. The molecule has 0 aliphatic heterocycles. The lowest BCUT2D eigenvalue weighted by atomic mass is 9.43. The van der Waals surface area contributed by atoms with Crippen molar-refractivity contribution in [1.29, 1.82) is 0 Å². The molecule has 60 heavy (non-hydrogen) atoms. The molecule has 0 radical (unpaired) electrons. The smallest absolute Gasteiger partial charge is 0.0542 e. The van der Waals surface area contributed by atoms with Gasteiger partial charge in [0.1, 0.15) is 0 Å². The van der Waals surface area contributed by atoms with Gasteiger partial charge < -0.3 is 9.47 Å². The third kappa shape index (κ3) is 5.00. The van der Waals surface area contributed by atoms with E-state index in [1.165, 1.54) is 93.0 Å². The Labute approximate surface area is 352 Å². The molecule has 4 bridgehead atoms. The summed E-state index contributed by atoms with van der Waals surface area (Å²) < 4.78 is 2.39. The van der Waals surface area contributed by atoms with Crippen LogP contribution in [0.2, 0.25) is 0 Å². The van der Waals surface area contributed by atoms with E-state index >= 15 is 0 Å². The van der Waals surface area contributed by atoms with Gasteiger partial charge in [-0.15, -0.1) is 0 Å². The van der Waals surface area contributed by atoms with Crippen molar-refractivity contribution in [1.82, 2.24) is 4.57 Å². The summed E-state index contributed by atoms with van der Waals surface area (Å²) in [5, 5.41) is 2.49. The first-order chi connectivity index (χ1) is 29.7. The van der Waals surface area contributed by atoms with Crippen LogP contribution in [0.1, 0.15) is 43.2 Å². The van der Waals surface area contributed by atoms with Gasteiger partial charge in [-0.25, -0.2) is 0 Å². The van der Waals surface area contributed by atoms with Gasteiger partial charge in [-0.05, 0) is 167 Å². The average molecular weight is 771 g/mol. The summed E-state index contributed by atoms with van der Waals surface area (Å²) in [6.07, 6.45) is 7.14. The van der Waals surface area contributed by atoms with Gasteiger partial charge in [0.25, 0.3) is 0 Å². The first-order valence-electron chi connectivity index (χ1n) is 22.1. The molecule has 288 valence electrons. The molecule has 5 aliphatic rings. The predicted molar refractivity (Wildman–Crippen MR) is 250 cm³/mol. The standard InChI is InChI=1S/C58H46N2/c1-3-11-40(12-4-1)41-19-24-47(25-20-41)59(49-28-30-57-53(37-49)51-16-8-10-18-56(51)60(57)46-13-5-2-6-14-46)48-26-21-42(22-27-48)43-23-29-55-52(36-43)50-15-7-9-17-54(50)58(55)44-32-38-31-39(34-44)35-45(58)33-38/h1-30,36-39,44-45H,31-35H2. The molecule has 9 aromatic rings. The number of rotatable bonds is 6. The predicted octanol–water partition coefficient (Wildman–Crippen LogP) is 15.3. The van der Waals surface area contributed by atoms with Crippen LogP contribution in [0.25, 0.3) is 60.9 Å². The van der Waals surface area contributed by atoms with Gasteiger partial charge in [-0.2, -0.15) is 0 Å². The van der Waals surface area contributed by atoms with Crippen LogP contribution in [0.5, 0.6) is 0 Å². The van der Waals surface area contributed by atoms with Crippen molar-refractivity contribution in [3.05, 3.63) is 205 Å². The molecule has 14 rings (SSSR count). The number of para-hydroxylation sites is 2. The van der Waals surface area contributed by atoms with Crippen molar-refractivity contribution in [2.75, 3.05) is 4.90 Å². The Hall–Kier alpha value is -6.64. The first kappa shape index (κ1) is 34.2. The topological polar surface area (TPSA) is 8.17 Å². The van der Waals surface area contributed by atoms with Gasteiger partial charge in [-0.3, -0.25) is 0 Å². The number of benzene rings is 8. The summed E-state index contributed by atoms with van der Waals surface area (Å²) in [5.74, 6) is 3.46. The van der Waals surface area contributed by atoms with Crippen molar-refractivity contribution in [2.45, 2.75) is 37.5 Å². The highest BCUT2D eigenvalue weighted by Gasteiger charge is 2.61. The van der Waals surface area contributed by atoms with Crippen LogP contribution in [0, 0.1) is 23.7 Å². The van der Waals surface area contributed by atoms with Crippen molar-refractivity contribution >= 4 is 38.9 Å². The Morgan fingerprint density at radius 2 is 0.917 bits per heavy atom. The third-order valence-electron chi connectivity index (χ3n) is 15.2. The van der Waals surface area contributed by atoms with Gasteiger partial charge in [0.15, 0.2) is 0 Å². The van der Waals surface area contributed by atoms with E-state index in [0.717, 1.165) is 40.7 Å². The number of hydrogen-bond donors (Lipinski definition) is 0. The molecule has 4 saturated carbocycles. The molecule has 5 aliphatic carbocycles. The highest BCUT2D eigenvalue weighted by Crippen LogP contribution is 2.69. The van der Waals surface area contributed by atoms with Crippen molar-refractivity contribution in [2.24, 2.45) is 23.7 Å². The fourth-order valence-corrected chi connectivity index (χ4v) is 13.0. The van der Waals surface area contributed by atoms with Crippen LogP contribution in [0.4, 0.5) is 17.1 Å². The van der Waals surface area contributed by atoms with Crippen molar-refractivity contribution in [3.63, 3.8) is 0 Å². The summed E-state index contributed by atoms with van der Waals surface area (Å²) in [7, 11) is 0. The molecule has 0 saturated heterocycles. The van der Waals surface area contributed by atoms with E-state index in [1.807, 2.05) is 0 Å². The number of anilines is 3. The zero-order valence-corrected chi connectivity index (χ0v) is 33.7. The summed E-state index contributed by atoms with van der Waals surface area (Å²) in [5.41, 5.74) is 18.4. The van der Waals surface area contributed by atoms with E-state index in [2.05, 4.69) is 204 Å². The summed E-state index contributed by atoms with van der Waals surface area (Å²) >= 11 is 0. The maximum Gasteiger partial charge on any atom is 0.0542 e. The fourth-order valence-electron chi connectivity index (χ4n) is 13.0. The van der Waals surface area contributed by atoms with Gasteiger partial charge >= 0.3 is 0 Å². The Balaban J connectivity index is 0.917. The summed E-state index contributed by atoms with van der Waals surface area (Å²) in [6.45, 7) is 0. The maximum absolute atomic E-state index is 2.54. The molecular weight excluding hydrogens is 725 g/mol. The summed E-state index contributed by atoms with van der Waals surface area (Å²) in [6, 6.07) is 72.5. The van der Waals surface area contributed by atoms with E-state index < -0.39 is 0 Å². The van der Waals surface area contributed by atoms with E-state index in [1.54, 1.807) is 11.1 Å². The van der Waals surface area contributed by atoms with Gasteiger partial charge in [0, 0.05) is 38.9 Å². The van der Waals surface area contributed by atoms with Crippen LogP contribution in [0.15, 0.2) is 194 Å². The molecule has 0 atom stereocenters. The van der Waals surface area contributed by atoms with E-state index in [-0.39, 0.29) is 5.41 Å². The number of hydrogen-bond acceptors (Lipinski definition) is 1. The molecule has 1 heterocycles. The molecule has 8 aromatic carbocycles. The van der Waals surface area contributed by atoms with Gasteiger partial charge in [0.2, 0.25) is 0 Å². The Morgan fingerprint density at radius 3 is 1.63 bits per heavy atom. The monoisotopic (exact) mass is 770 g/mol. The average Bonchev–Trinajstić information content (AvgIpc) is 3.79. The third-order valence-corrected chi connectivity index (χ3v) is 15.2. The van der Waals surface area contributed by atoms with E-state index in [0.29, 0.717) is 0 Å². The highest BCUT2D eigenvalue weighted by molar-refractivity contribution is 6.10. The second kappa shape index (κ2) is 13.2. The van der Waals surface area contributed by atoms with Gasteiger partial charge in [-0.1, -0.05) is 127 Å². The lowest BCUT2D eigenvalue weighted by Crippen LogP contribution is -2.55. The molecule has 2 nitrogen and oxygen atoms in total. The SMILES string of the molecule is c1ccc(-c2ccc(N(c3ccc(-c4ccc5c(c4)-c4ccccc4C54C5CC6CC(C5)CC4C6)cc3)c3ccc4c(c3)c3ccccc3n4-c3ccccc3)cc2)cc1. The Bertz CT molecular complexity index is 3060. The number of nitrogens with zero attached hydrogens (tertiary/aromatic N) is 2. The molecular formula is C58H46N2. The Kier molecular flexibility index (Phi) is 7.52. The second-order valence-electron chi connectivity index (χ2n) is 18.2. The zero-order chi connectivity index (χ0) is 39.4. The Morgan fingerprint density at radius 1 is 0.383 bits per heavy atom. The lowest BCUT2D eigenvalue weighted by molar-refractivity contribution is -0.0399. The number of fused-ring (bicyclic) bond motifs is 6. The maximum atomic E-state index is 2.54. The van der Waals surface area contributed by atoms with Crippen LogP contribution >= 0.6 is 0 Å². The first-order valence-corrected chi connectivity index (χ1v) is 22.1. The van der Waals surface area contributed by atoms with Crippen LogP contribution < -0.4 is 4.90 Å². The lowest BCUT2D eigenvalue weighted by Gasteiger charge is -2.61. The molecule has 0 N–H and O–H groups in total. The molecule has 4 fully saturated rings. The number of aromatic nitrogens is 1. The van der Waals surface area contributed by atoms with E-state index in [9.17, 15) is 0 Å². The van der Waals surface area contributed by atoms with Crippen molar-refractivity contribution < 1.29 is 0 Å². The molecule has 0 unspecified atom stereocenters. The minimum atomic E-state index is 0.201. The largest absolute Gasteiger partial charge is 0.310 e. The van der Waals surface area contributed by atoms with Crippen LogP contribution in [-0.2, 0) is 5.41 Å². The molecule has 0 amide bonds. The quantitative estimate of drug-likeness (QED) is 0.163. The molecule has 1 spiro atoms. The minimum absolute atomic E-state index is 0.201. The molecule has 2 heteroatoms. The van der Waals surface area contributed by atoms with Crippen LogP contribution in [-0.4, -0.2) is 4.57 Å². The minimum Gasteiger partial charge on any atom is -0.310 e. The van der Waals surface area contributed by atoms with Crippen molar-refractivity contribution in [3.8, 4) is 39.1 Å². The van der Waals surface area contributed by atoms with E-state index in [4.69, 9.17) is 0 Å². The summed E-state index contributed by atoms with van der Waals surface area (Å²) in [4.78, 5) is 2.42. The zero-order valence-electron chi connectivity index (χ0n) is 33.7. The van der Waals surface area contributed by atoms with Gasteiger partial charge in [0.05, 0.1) is 11.0 Å². The second-order valence-corrected chi connectivity index (χ2v) is 18.2. The fraction of sp³-hybridized carbons (Fsp3) is 0.172. The molecule has 1 aromatic heterocycles. The van der Waals surface area contributed by atoms with Crippen LogP contribution in [0.3, 0.4) is 0 Å².